The maximum atomic E-state index is 14.4. The first-order valence-electron chi connectivity index (χ1n) is 15.6. The number of methoxy groups -OCH3 is 1. The lowest BCUT2D eigenvalue weighted by Crippen LogP contribution is -2.60. The Bertz CT molecular complexity index is 1680. The van der Waals surface area contributed by atoms with Crippen LogP contribution in [0.4, 0.5) is 0 Å². The van der Waals surface area contributed by atoms with E-state index in [4.69, 9.17) is 23.4 Å². The summed E-state index contributed by atoms with van der Waals surface area (Å²) < 4.78 is 29.1. The van der Waals surface area contributed by atoms with E-state index in [1.54, 1.807) is 24.3 Å². The van der Waals surface area contributed by atoms with Crippen molar-refractivity contribution in [2.75, 3.05) is 13.7 Å². The van der Waals surface area contributed by atoms with E-state index in [0.29, 0.717) is 11.3 Å². The number of phenolic OH excluding ortho intramolecular Hbond substituents is 1. The minimum absolute atomic E-state index is 0.0126. The predicted octanol–water partition coefficient (Wildman–Crippen LogP) is 0.274. The predicted molar refractivity (Wildman–Crippen MR) is 170 cm³/mol. The second-order valence-corrected chi connectivity index (χ2v) is 12.4. The van der Waals surface area contributed by atoms with Gasteiger partial charge in [-0.1, -0.05) is 11.6 Å². The van der Waals surface area contributed by atoms with Crippen molar-refractivity contribution in [3.63, 3.8) is 0 Å². The van der Waals surface area contributed by atoms with Crippen LogP contribution in [0.2, 0.25) is 0 Å². The minimum Gasteiger partial charge on any atom is -0.507 e. The van der Waals surface area contributed by atoms with Gasteiger partial charge in [-0.15, -0.1) is 0 Å². The van der Waals surface area contributed by atoms with E-state index >= 15 is 0 Å². The van der Waals surface area contributed by atoms with Crippen molar-refractivity contribution in [1.29, 1.82) is 0 Å². The molecule has 2 aliphatic rings. The third-order valence-corrected chi connectivity index (χ3v) is 8.82. The first-order valence-corrected chi connectivity index (χ1v) is 15.6. The number of allylic oxidation sites excluding steroid dienone is 2. The summed E-state index contributed by atoms with van der Waals surface area (Å²) in [6, 6.07) is 7.74. The number of fused-ring (bicyclic) bond motifs is 1. The fourth-order valence-electron chi connectivity index (χ4n) is 5.97. The second-order valence-electron chi connectivity index (χ2n) is 12.4. The average molecular weight is 675 g/mol. The van der Waals surface area contributed by atoms with Gasteiger partial charge in [-0.3, -0.25) is 4.79 Å². The van der Waals surface area contributed by atoms with Crippen LogP contribution in [0.15, 0.2) is 51.2 Å². The Morgan fingerprint density at radius 3 is 2.15 bits per heavy atom. The molecule has 10 atom stereocenters. The SMILES string of the molecule is COc1ccc(-c2oc3c(CC=C(C)C)c(OC4OC(CO)C(O)C(O)C4O)cc(O)c3c(=O)c2CC2OC(C)C(O)C(O)C2O)cc1. The quantitative estimate of drug-likeness (QED) is 0.143. The highest BCUT2D eigenvalue weighted by atomic mass is 16.7. The van der Waals surface area contributed by atoms with Crippen molar-refractivity contribution in [2.24, 2.45) is 0 Å². The summed E-state index contributed by atoms with van der Waals surface area (Å²) in [6.07, 6.45) is -12.7. The van der Waals surface area contributed by atoms with Crippen LogP contribution >= 0.6 is 0 Å². The molecule has 0 aliphatic carbocycles. The number of phenols is 1. The van der Waals surface area contributed by atoms with Crippen LogP contribution in [-0.4, -0.2) is 116 Å². The van der Waals surface area contributed by atoms with Gasteiger partial charge in [0.05, 0.1) is 25.9 Å². The second kappa shape index (κ2) is 14.5. The molecule has 1 aromatic heterocycles. The van der Waals surface area contributed by atoms with Gasteiger partial charge in [0, 0.05) is 29.2 Å². The number of aliphatic hydroxyl groups excluding tert-OH is 7. The van der Waals surface area contributed by atoms with E-state index in [-0.39, 0.29) is 46.4 Å². The molecule has 262 valence electrons. The molecule has 0 bridgehead atoms. The zero-order valence-electron chi connectivity index (χ0n) is 26.9. The van der Waals surface area contributed by atoms with Gasteiger partial charge in [0.25, 0.3) is 0 Å². The summed E-state index contributed by atoms with van der Waals surface area (Å²) >= 11 is 0. The molecular weight excluding hydrogens is 632 g/mol. The van der Waals surface area contributed by atoms with Crippen molar-refractivity contribution in [3.8, 4) is 28.6 Å². The molecular formula is C34H42O14. The molecule has 0 radical (unpaired) electrons. The van der Waals surface area contributed by atoms with E-state index in [1.807, 2.05) is 19.9 Å². The van der Waals surface area contributed by atoms with Gasteiger partial charge in [0.15, 0.2) is 5.43 Å². The van der Waals surface area contributed by atoms with E-state index in [9.17, 15) is 45.6 Å². The summed E-state index contributed by atoms with van der Waals surface area (Å²) in [5.41, 5.74) is 0.862. The highest BCUT2D eigenvalue weighted by Gasteiger charge is 2.45. The summed E-state index contributed by atoms with van der Waals surface area (Å²) in [6.45, 7) is 4.53. The summed E-state index contributed by atoms with van der Waals surface area (Å²) in [5.74, 6) is -0.0503. The van der Waals surface area contributed by atoms with E-state index in [1.165, 1.54) is 14.0 Å². The van der Waals surface area contributed by atoms with Crippen molar-refractivity contribution >= 4 is 11.0 Å². The lowest BCUT2D eigenvalue weighted by molar-refractivity contribution is -0.277. The maximum Gasteiger partial charge on any atom is 0.229 e. The number of benzene rings is 2. The Labute approximate surface area is 275 Å². The Morgan fingerprint density at radius 2 is 1.52 bits per heavy atom. The van der Waals surface area contributed by atoms with Crippen molar-refractivity contribution in [2.45, 2.75) is 94.8 Å². The molecule has 3 aromatic rings. The van der Waals surface area contributed by atoms with E-state index in [2.05, 4.69) is 0 Å². The van der Waals surface area contributed by atoms with Crippen LogP contribution in [0, 0.1) is 0 Å². The van der Waals surface area contributed by atoms with E-state index < -0.39 is 79.0 Å². The lowest BCUT2D eigenvalue weighted by atomic mass is 9.90. The highest BCUT2D eigenvalue weighted by Crippen LogP contribution is 2.40. The Balaban J connectivity index is 1.71. The monoisotopic (exact) mass is 674 g/mol. The zero-order chi connectivity index (χ0) is 35.0. The van der Waals surface area contributed by atoms with Gasteiger partial charge in [-0.2, -0.15) is 0 Å². The summed E-state index contributed by atoms with van der Waals surface area (Å²) in [7, 11) is 1.49. The van der Waals surface area contributed by atoms with Crippen LogP contribution in [0.3, 0.4) is 0 Å². The molecule has 8 N–H and O–H groups in total. The number of ether oxygens (including phenoxy) is 4. The van der Waals surface area contributed by atoms with Gasteiger partial charge < -0.3 is 64.2 Å². The number of aromatic hydroxyl groups is 1. The molecule has 5 rings (SSSR count). The van der Waals surface area contributed by atoms with Crippen LogP contribution in [0.1, 0.15) is 31.9 Å². The van der Waals surface area contributed by atoms with Crippen LogP contribution < -0.4 is 14.9 Å². The topological polar surface area (TPSA) is 229 Å². The normalized spacial score (nSPS) is 30.6. The number of hydrogen-bond donors (Lipinski definition) is 8. The number of hydrogen-bond acceptors (Lipinski definition) is 14. The molecule has 2 fully saturated rings. The fraction of sp³-hybridized carbons (Fsp3) is 0.500. The van der Waals surface area contributed by atoms with Gasteiger partial charge in [0.1, 0.15) is 76.7 Å². The summed E-state index contributed by atoms with van der Waals surface area (Å²) in [4.78, 5) is 14.4. The van der Waals surface area contributed by atoms with Gasteiger partial charge in [0.2, 0.25) is 6.29 Å². The minimum atomic E-state index is -1.75. The highest BCUT2D eigenvalue weighted by molar-refractivity contribution is 5.90. The third-order valence-electron chi connectivity index (χ3n) is 8.82. The first-order chi connectivity index (χ1) is 22.8. The molecule has 3 heterocycles. The molecule has 0 saturated carbocycles. The Hall–Kier alpha value is -3.57. The maximum absolute atomic E-state index is 14.4. The van der Waals surface area contributed by atoms with E-state index in [0.717, 1.165) is 11.6 Å². The lowest BCUT2D eigenvalue weighted by Gasteiger charge is -2.39. The zero-order valence-corrected chi connectivity index (χ0v) is 26.9. The molecule has 14 heteroatoms. The summed E-state index contributed by atoms with van der Waals surface area (Å²) in [5, 5.41) is 83.4. The molecule has 48 heavy (non-hydrogen) atoms. The molecule has 0 spiro atoms. The van der Waals surface area contributed by atoms with Gasteiger partial charge in [-0.25, -0.2) is 0 Å². The Kier molecular flexibility index (Phi) is 10.8. The van der Waals surface area contributed by atoms with Gasteiger partial charge in [-0.05, 0) is 51.5 Å². The number of rotatable bonds is 9. The largest absolute Gasteiger partial charge is 0.507 e. The van der Waals surface area contributed by atoms with Crippen molar-refractivity contribution in [1.82, 2.24) is 0 Å². The Morgan fingerprint density at radius 1 is 0.875 bits per heavy atom. The molecule has 2 aromatic carbocycles. The van der Waals surface area contributed by atoms with Gasteiger partial charge >= 0.3 is 0 Å². The standard InChI is InChI=1S/C34H42O14/c1-14(2)5-10-18-21(46-34-31(43)30(42)28(40)23(13-35)47-34)12-20(36)24-26(38)19(11-22-27(39)29(41)25(37)15(3)45-22)32(48-33(18)24)16-6-8-17(44-4)9-7-16/h5-9,12,15,22-23,25,27-31,34-37,39-43H,10-11,13H2,1-4H3. The average Bonchev–Trinajstić information content (AvgIpc) is 3.06. The van der Waals surface area contributed by atoms with Crippen molar-refractivity contribution < 1.29 is 64.2 Å². The number of aliphatic hydroxyl groups is 7. The third kappa shape index (κ3) is 6.81. The van der Waals surface area contributed by atoms with Crippen LogP contribution in [-0.2, 0) is 22.3 Å². The molecule has 2 saturated heterocycles. The first kappa shape index (κ1) is 35.7. The molecule has 0 amide bonds. The van der Waals surface area contributed by atoms with Crippen LogP contribution in [0.25, 0.3) is 22.3 Å². The fourth-order valence-corrected chi connectivity index (χ4v) is 5.97. The molecule has 10 unspecified atom stereocenters. The van der Waals surface area contributed by atoms with Crippen LogP contribution in [0.5, 0.6) is 17.2 Å². The molecule has 14 nitrogen and oxygen atoms in total. The molecule has 2 aliphatic heterocycles. The van der Waals surface area contributed by atoms with Crippen molar-refractivity contribution in [3.05, 3.63) is 63.3 Å². The smallest absolute Gasteiger partial charge is 0.229 e.